The number of pyridine rings is 1. The highest BCUT2D eigenvalue weighted by molar-refractivity contribution is 9.10. The average molecular weight is 393 g/mol. The van der Waals surface area contributed by atoms with Gasteiger partial charge in [-0.3, -0.25) is 4.79 Å². The van der Waals surface area contributed by atoms with Crippen molar-refractivity contribution >= 4 is 33.3 Å². The maximum atomic E-state index is 14.7. The second-order valence-corrected chi connectivity index (χ2v) is 6.78. The van der Waals surface area contributed by atoms with Crippen LogP contribution in [0.4, 0.5) is 15.9 Å². The van der Waals surface area contributed by atoms with Gasteiger partial charge >= 0.3 is 0 Å². The Balaban J connectivity index is 1.92. The fourth-order valence-corrected chi connectivity index (χ4v) is 3.11. The van der Waals surface area contributed by atoms with Crippen LogP contribution in [0.3, 0.4) is 0 Å². The van der Waals surface area contributed by atoms with E-state index in [-0.39, 0.29) is 17.4 Å². The van der Waals surface area contributed by atoms with E-state index in [1.54, 1.807) is 37.3 Å². The number of aromatic nitrogens is 1. The van der Waals surface area contributed by atoms with Gasteiger partial charge in [-0.25, -0.2) is 9.37 Å². The van der Waals surface area contributed by atoms with Crippen molar-refractivity contribution in [1.29, 1.82) is 0 Å². The lowest BCUT2D eigenvalue weighted by molar-refractivity contribution is 0.102. The molecule has 126 valence electrons. The molecule has 0 bridgehead atoms. The van der Waals surface area contributed by atoms with Crippen LogP contribution in [0.1, 0.15) is 21.5 Å². The molecule has 0 saturated carbocycles. The molecule has 0 fully saturated rings. The summed E-state index contributed by atoms with van der Waals surface area (Å²) in [5, 5.41) is 5.88. The summed E-state index contributed by atoms with van der Waals surface area (Å²) in [5.41, 5.74) is 2.19. The largest absolute Gasteiger partial charge is 0.362 e. The van der Waals surface area contributed by atoms with Gasteiger partial charge < -0.3 is 15.5 Å². The molecule has 0 radical (unpaired) electrons. The zero-order valence-electron chi connectivity index (χ0n) is 13.5. The number of amides is 1. The maximum absolute atomic E-state index is 14.7. The highest BCUT2D eigenvalue weighted by atomic mass is 79.9. The van der Waals surface area contributed by atoms with E-state index >= 15 is 0 Å². The monoisotopic (exact) mass is 392 g/mol. The fraction of sp³-hybridized carbons (Fsp3) is 0.294. The van der Waals surface area contributed by atoms with Gasteiger partial charge in [0.05, 0.1) is 11.3 Å². The third-order valence-corrected chi connectivity index (χ3v) is 4.39. The van der Waals surface area contributed by atoms with Crippen molar-refractivity contribution in [3.8, 4) is 0 Å². The normalized spacial score (nSPS) is 13.3. The van der Waals surface area contributed by atoms with Gasteiger partial charge in [-0.05, 0) is 52.2 Å². The highest BCUT2D eigenvalue weighted by Gasteiger charge is 2.20. The quantitative estimate of drug-likeness (QED) is 0.842. The first-order chi connectivity index (χ1) is 11.5. The highest BCUT2D eigenvalue weighted by Crippen LogP contribution is 2.26. The fourth-order valence-electron chi connectivity index (χ4n) is 2.78. The SMILES string of the molecule is CN(C)c1ncc(Br)cc1C(=O)Nc1ccc2c(c1F)CCNC2. The molecule has 0 unspecified atom stereocenters. The van der Waals surface area contributed by atoms with Gasteiger partial charge in [0, 0.05) is 31.3 Å². The predicted molar refractivity (Wildman–Crippen MR) is 96.0 cm³/mol. The topological polar surface area (TPSA) is 57.3 Å². The molecule has 0 aliphatic carbocycles. The summed E-state index contributed by atoms with van der Waals surface area (Å²) < 4.78 is 15.4. The summed E-state index contributed by atoms with van der Waals surface area (Å²) in [6.07, 6.45) is 2.24. The van der Waals surface area contributed by atoms with E-state index in [1.165, 1.54) is 0 Å². The Morgan fingerprint density at radius 1 is 1.42 bits per heavy atom. The summed E-state index contributed by atoms with van der Waals surface area (Å²) in [6, 6.07) is 5.14. The van der Waals surface area contributed by atoms with E-state index in [0.29, 0.717) is 34.4 Å². The molecule has 1 aromatic heterocycles. The lowest BCUT2D eigenvalue weighted by Gasteiger charge is -2.20. The molecule has 7 heteroatoms. The summed E-state index contributed by atoms with van der Waals surface area (Å²) >= 11 is 3.32. The smallest absolute Gasteiger partial charge is 0.259 e. The molecule has 5 nitrogen and oxygen atoms in total. The van der Waals surface area contributed by atoms with Crippen molar-refractivity contribution in [2.24, 2.45) is 0 Å². The average Bonchev–Trinajstić information content (AvgIpc) is 2.57. The number of anilines is 2. The van der Waals surface area contributed by atoms with Crippen LogP contribution in [0, 0.1) is 5.82 Å². The molecule has 1 aliphatic rings. The van der Waals surface area contributed by atoms with Crippen LogP contribution in [0.5, 0.6) is 0 Å². The van der Waals surface area contributed by atoms with Crippen LogP contribution >= 0.6 is 15.9 Å². The van der Waals surface area contributed by atoms with Gasteiger partial charge in [0.25, 0.3) is 5.91 Å². The number of carbonyl (C=O) groups is 1. The number of nitrogens with zero attached hydrogens (tertiary/aromatic N) is 2. The first-order valence-electron chi connectivity index (χ1n) is 7.62. The molecule has 1 aromatic carbocycles. The Labute approximate surface area is 148 Å². The Morgan fingerprint density at radius 3 is 2.96 bits per heavy atom. The molecule has 3 rings (SSSR count). The van der Waals surface area contributed by atoms with Crippen molar-refractivity contribution in [3.63, 3.8) is 0 Å². The van der Waals surface area contributed by atoms with Crippen LogP contribution in [0.25, 0.3) is 0 Å². The second-order valence-electron chi connectivity index (χ2n) is 5.86. The molecule has 0 spiro atoms. The Bertz CT molecular complexity index is 794. The van der Waals surface area contributed by atoms with Gasteiger partial charge in [0.15, 0.2) is 0 Å². The predicted octanol–water partition coefficient (Wildman–Crippen LogP) is 2.95. The van der Waals surface area contributed by atoms with Gasteiger partial charge in [-0.15, -0.1) is 0 Å². The molecule has 0 saturated heterocycles. The number of fused-ring (bicyclic) bond motifs is 1. The molecular formula is C17H18BrFN4O. The number of halogens is 2. The molecule has 2 aromatic rings. The van der Waals surface area contributed by atoms with Crippen LogP contribution in [-0.2, 0) is 13.0 Å². The first-order valence-corrected chi connectivity index (χ1v) is 8.42. The standard InChI is InChI=1S/C17H18BrFN4O/c1-23(2)16-13(7-11(18)9-21-16)17(24)22-14-4-3-10-8-20-6-5-12(10)15(14)19/h3-4,7,9,20H,5-6,8H2,1-2H3,(H,22,24). The minimum Gasteiger partial charge on any atom is -0.362 e. The third-order valence-electron chi connectivity index (χ3n) is 3.96. The molecule has 1 amide bonds. The zero-order valence-corrected chi connectivity index (χ0v) is 15.1. The molecular weight excluding hydrogens is 375 g/mol. The van der Waals surface area contributed by atoms with Gasteiger partial charge in [-0.2, -0.15) is 0 Å². The molecule has 2 N–H and O–H groups in total. The lowest BCUT2D eigenvalue weighted by atomic mass is 9.99. The Kier molecular flexibility index (Phi) is 4.82. The first kappa shape index (κ1) is 16.9. The number of hydrogen-bond donors (Lipinski definition) is 2. The van der Waals surface area contributed by atoms with Gasteiger partial charge in [0.2, 0.25) is 0 Å². The minimum absolute atomic E-state index is 0.199. The van der Waals surface area contributed by atoms with Crippen molar-refractivity contribution in [2.45, 2.75) is 13.0 Å². The number of carbonyl (C=O) groups excluding carboxylic acids is 1. The molecule has 0 atom stereocenters. The van der Waals surface area contributed by atoms with E-state index in [0.717, 1.165) is 12.1 Å². The van der Waals surface area contributed by atoms with Crippen LogP contribution in [-0.4, -0.2) is 31.5 Å². The van der Waals surface area contributed by atoms with Crippen LogP contribution < -0.4 is 15.5 Å². The minimum atomic E-state index is -0.389. The van der Waals surface area contributed by atoms with E-state index < -0.39 is 0 Å². The van der Waals surface area contributed by atoms with Crippen molar-refractivity contribution < 1.29 is 9.18 Å². The van der Waals surface area contributed by atoms with Crippen molar-refractivity contribution in [1.82, 2.24) is 10.3 Å². The maximum Gasteiger partial charge on any atom is 0.259 e. The summed E-state index contributed by atoms with van der Waals surface area (Å²) in [7, 11) is 3.61. The number of nitrogens with one attached hydrogen (secondary N) is 2. The van der Waals surface area contributed by atoms with E-state index in [2.05, 4.69) is 31.5 Å². The van der Waals surface area contributed by atoms with Gasteiger partial charge in [0.1, 0.15) is 11.6 Å². The van der Waals surface area contributed by atoms with Crippen molar-refractivity contribution in [3.05, 3.63) is 51.4 Å². The molecule has 1 aliphatic heterocycles. The third kappa shape index (κ3) is 3.27. The summed E-state index contributed by atoms with van der Waals surface area (Å²) in [5.74, 6) is -0.213. The summed E-state index contributed by atoms with van der Waals surface area (Å²) in [4.78, 5) is 18.6. The van der Waals surface area contributed by atoms with Crippen LogP contribution in [0.2, 0.25) is 0 Å². The lowest BCUT2D eigenvalue weighted by Crippen LogP contribution is -2.25. The number of hydrogen-bond acceptors (Lipinski definition) is 4. The Morgan fingerprint density at radius 2 is 2.21 bits per heavy atom. The van der Waals surface area contributed by atoms with Crippen LogP contribution in [0.15, 0.2) is 28.9 Å². The van der Waals surface area contributed by atoms with E-state index in [9.17, 15) is 9.18 Å². The zero-order chi connectivity index (χ0) is 17.3. The summed E-state index contributed by atoms with van der Waals surface area (Å²) in [6.45, 7) is 1.39. The van der Waals surface area contributed by atoms with Crippen molar-refractivity contribution in [2.75, 3.05) is 30.9 Å². The number of rotatable bonds is 3. The molecule has 2 heterocycles. The van der Waals surface area contributed by atoms with Gasteiger partial charge in [-0.1, -0.05) is 6.07 Å². The molecule has 24 heavy (non-hydrogen) atoms. The van der Waals surface area contributed by atoms with E-state index in [4.69, 9.17) is 0 Å². The Hall–Kier alpha value is -1.99. The second kappa shape index (κ2) is 6.86. The number of benzene rings is 1. The van der Waals surface area contributed by atoms with E-state index in [1.807, 2.05) is 6.07 Å².